The second-order valence-corrected chi connectivity index (χ2v) is 5.22. The van der Waals surface area contributed by atoms with Crippen LogP contribution < -0.4 is 0 Å². The van der Waals surface area contributed by atoms with Gasteiger partial charge in [-0.05, 0) is 45.9 Å². The number of fused-ring (bicyclic) bond motifs is 1. The van der Waals surface area contributed by atoms with Gasteiger partial charge in [0.05, 0.1) is 0 Å². The molecule has 1 aromatic rings. The molecule has 0 spiro atoms. The minimum atomic E-state index is 0. The molecule has 1 aliphatic heterocycles. The van der Waals surface area contributed by atoms with Crippen LogP contribution >= 0.6 is 0 Å². The van der Waals surface area contributed by atoms with Crippen LogP contribution in [0.15, 0.2) is 24.3 Å². The van der Waals surface area contributed by atoms with Crippen molar-refractivity contribution in [3.8, 4) is 0 Å². The average molecular weight is 205 g/mol. The summed E-state index contributed by atoms with van der Waals surface area (Å²) in [4.78, 5) is 2.45. The van der Waals surface area contributed by atoms with Crippen LogP contribution in [-0.2, 0) is 11.1 Å². The number of rotatable bonds is 0. The number of benzene rings is 1. The van der Waals surface area contributed by atoms with Crippen molar-refractivity contribution in [2.24, 2.45) is 0 Å². The van der Waals surface area contributed by atoms with Crippen molar-refractivity contribution in [3.63, 3.8) is 0 Å². The Kier molecular flexibility index (Phi) is 2.73. The predicted octanol–water partition coefficient (Wildman–Crippen LogP) is 3.74. The molecule has 0 saturated carbocycles. The van der Waals surface area contributed by atoms with E-state index in [1.165, 1.54) is 11.1 Å². The van der Waals surface area contributed by atoms with E-state index < -0.39 is 0 Å². The van der Waals surface area contributed by atoms with Gasteiger partial charge >= 0.3 is 0 Å². The number of hydrogen-bond donors (Lipinski definition) is 0. The van der Waals surface area contributed by atoms with E-state index in [0.29, 0.717) is 0 Å². The topological polar surface area (TPSA) is 3.24 Å². The predicted molar refractivity (Wildman–Crippen MR) is 67.0 cm³/mol. The Bertz CT molecular complexity index is 328. The fourth-order valence-corrected chi connectivity index (χ4v) is 2.61. The van der Waals surface area contributed by atoms with E-state index in [1.807, 2.05) is 0 Å². The molecule has 0 saturated heterocycles. The highest BCUT2D eigenvalue weighted by Crippen LogP contribution is 2.47. The van der Waals surface area contributed by atoms with E-state index in [2.05, 4.69) is 63.9 Å². The van der Waals surface area contributed by atoms with Gasteiger partial charge < -0.3 is 0 Å². The van der Waals surface area contributed by atoms with Gasteiger partial charge in [-0.3, -0.25) is 4.90 Å². The monoisotopic (exact) mass is 205 g/mol. The standard InChI is InChI=1S/C13H19N.CH4/c1-12(2)10-8-6-7-9-11(10)13(3,4)14(12)5;/h6-9H,1-5H3;1H4. The normalized spacial score (nSPS) is 21.9. The Morgan fingerprint density at radius 1 is 0.867 bits per heavy atom. The van der Waals surface area contributed by atoms with Gasteiger partial charge in [-0.15, -0.1) is 0 Å². The highest BCUT2D eigenvalue weighted by atomic mass is 15.2. The van der Waals surface area contributed by atoms with Gasteiger partial charge in [0.15, 0.2) is 0 Å². The quantitative estimate of drug-likeness (QED) is 0.623. The summed E-state index contributed by atoms with van der Waals surface area (Å²) < 4.78 is 0. The van der Waals surface area contributed by atoms with Gasteiger partial charge in [0.1, 0.15) is 0 Å². The lowest BCUT2D eigenvalue weighted by molar-refractivity contribution is 0.0730. The zero-order valence-electron chi connectivity index (χ0n) is 9.76. The van der Waals surface area contributed by atoms with Crippen LogP contribution in [0.25, 0.3) is 0 Å². The summed E-state index contributed by atoms with van der Waals surface area (Å²) in [5, 5.41) is 0. The molecule has 1 aromatic carbocycles. The molecule has 15 heavy (non-hydrogen) atoms. The summed E-state index contributed by atoms with van der Waals surface area (Å²) in [6.07, 6.45) is 0. The van der Waals surface area contributed by atoms with Crippen LogP contribution in [0.2, 0.25) is 0 Å². The first-order valence-corrected chi connectivity index (χ1v) is 5.22. The molecule has 0 aliphatic carbocycles. The van der Waals surface area contributed by atoms with Crippen molar-refractivity contribution in [3.05, 3.63) is 35.4 Å². The Labute approximate surface area is 94.1 Å². The van der Waals surface area contributed by atoms with Crippen molar-refractivity contribution < 1.29 is 0 Å². The average Bonchev–Trinajstić information content (AvgIpc) is 2.28. The zero-order chi connectivity index (χ0) is 10.6. The van der Waals surface area contributed by atoms with Gasteiger partial charge in [-0.2, -0.15) is 0 Å². The molecule has 0 radical (unpaired) electrons. The molecule has 1 aliphatic rings. The molecule has 0 unspecified atom stereocenters. The van der Waals surface area contributed by atoms with Crippen molar-refractivity contribution in [2.75, 3.05) is 7.05 Å². The van der Waals surface area contributed by atoms with E-state index in [1.54, 1.807) is 0 Å². The molecule has 0 atom stereocenters. The lowest BCUT2D eigenvalue weighted by atomic mass is 9.91. The largest absolute Gasteiger partial charge is 0.288 e. The first-order valence-electron chi connectivity index (χ1n) is 5.22. The first kappa shape index (κ1) is 12.3. The highest BCUT2D eigenvalue weighted by molar-refractivity contribution is 5.42. The van der Waals surface area contributed by atoms with Crippen molar-refractivity contribution in [1.82, 2.24) is 4.90 Å². The smallest absolute Gasteiger partial charge is 0.0413 e. The van der Waals surface area contributed by atoms with Crippen LogP contribution in [0.4, 0.5) is 0 Å². The molecule has 84 valence electrons. The van der Waals surface area contributed by atoms with Gasteiger partial charge in [0, 0.05) is 11.1 Å². The summed E-state index contributed by atoms with van der Waals surface area (Å²) in [7, 11) is 2.21. The van der Waals surface area contributed by atoms with Crippen LogP contribution in [0, 0.1) is 0 Å². The molecule has 0 amide bonds. The third kappa shape index (κ3) is 1.41. The number of nitrogens with zero attached hydrogens (tertiary/aromatic N) is 1. The number of hydrogen-bond acceptors (Lipinski definition) is 1. The Hall–Kier alpha value is -0.820. The summed E-state index contributed by atoms with van der Waals surface area (Å²) in [5.74, 6) is 0. The third-order valence-corrected chi connectivity index (χ3v) is 3.92. The molecular weight excluding hydrogens is 182 g/mol. The van der Waals surface area contributed by atoms with E-state index >= 15 is 0 Å². The molecule has 1 nitrogen and oxygen atoms in total. The maximum Gasteiger partial charge on any atom is 0.0413 e. The zero-order valence-corrected chi connectivity index (χ0v) is 9.76. The maximum absolute atomic E-state index is 2.45. The van der Waals surface area contributed by atoms with Crippen LogP contribution in [-0.4, -0.2) is 11.9 Å². The molecule has 1 heteroatoms. The van der Waals surface area contributed by atoms with Gasteiger partial charge in [0.25, 0.3) is 0 Å². The molecule has 1 heterocycles. The fourth-order valence-electron chi connectivity index (χ4n) is 2.61. The summed E-state index contributed by atoms with van der Waals surface area (Å²) >= 11 is 0. The summed E-state index contributed by atoms with van der Waals surface area (Å²) in [5.41, 5.74) is 3.24. The van der Waals surface area contributed by atoms with Crippen molar-refractivity contribution >= 4 is 0 Å². The van der Waals surface area contributed by atoms with Crippen molar-refractivity contribution in [1.29, 1.82) is 0 Å². The lowest BCUT2D eigenvalue weighted by Crippen LogP contribution is -2.42. The molecule has 0 N–H and O–H groups in total. The van der Waals surface area contributed by atoms with E-state index in [0.717, 1.165) is 0 Å². The Balaban J connectivity index is 0.00000112. The Morgan fingerprint density at radius 2 is 1.20 bits per heavy atom. The van der Waals surface area contributed by atoms with E-state index in [9.17, 15) is 0 Å². The molecular formula is C14H23N. The first-order chi connectivity index (χ1) is 6.38. The minimum Gasteiger partial charge on any atom is -0.288 e. The minimum absolute atomic E-state index is 0. The Morgan fingerprint density at radius 3 is 1.53 bits per heavy atom. The van der Waals surface area contributed by atoms with Crippen LogP contribution in [0.1, 0.15) is 46.2 Å². The summed E-state index contributed by atoms with van der Waals surface area (Å²) in [6.45, 7) is 9.17. The molecule has 2 rings (SSSR count). The lowest BCUT2D eigenvalue weighted by Gasteiger charge is -2.37. The third-order valence-electron chi connectivity index (χ3n) is 3.92. The molecule has 0 bridgehead atoms. The maximum atomic E-state index is 2.45. The molecule has 0 fully saturated rings. The van der Waals surface area contributed by atoms with Gasteiger partial charge in [-0.1, -0.05) is 31.7 Å². The van der Waals surface area contributed by atoms with Crippen molar-refractivity contribution in [2.45, 2.75) is 46.2 Å². The second-order valence-electron chi connectivity index (χ2n) is 5.22. The van der Waals surface area contributed by atoms with Crippen LogP contribution in [0.3, 0.4) is 0 Å². The van der Waals surface area contributed by atoms with Gasteiger partial charge in [0.2, 0.25) is 0 Å². The van der Waals surface area contributed by atoms with Gasteiger partial charge in [-0.25, -0.2) is 0 Å². The summed E-state index contributed by atoms with van der Waals surface area (Å²) in [6, 6.07) is 8.77. The van der Waals surface area contributed by atoms with E-state index in [-0.39, 0.29) is 18.5 Å². The highest BCUT2D eigenvalue weighted by Gasteiger charge is 2.46. The van der Waals surface area contributed by atoms with E-state index in [4.69, 9.17) is 0 Å². The molecule has 0 aromatic heterocycles. The second kappa shape index (κ2) is 3.34. The fraction of sp³-hybridized carbons (Fsp3) is 0.571. The van der Waals surface area contributed by atoms with Crippen LogP contribution in [0.5, 0.6) is 0 Å². The SMILES string of the molecule is C.CN1C(C)(C)c2ccccc2C1(C)C.